The molecular formula is C13H17N5O2. The maximum Gasteiger partial charge on any atom is 0.269 e. The van der Waals surface area contributed by atoms with Gasteiger partial charge in [-0.05, 0) is 19.4 Å². The standard InChI is InChI=1S/C13H17N5O2/c1-10(7-17-9-14-8-15-17)16-11(2)12-3-5-13(6-4-12)18(19)20/h3-6,8-11,16H,7H2,1-2H3. The molecule has 7 nitrogen and oxygen atoms in total. The summed E-state index contributed by atoms with van der Waals surface area (Å²) in [7, 11) is 0. The number of nitro benzene ring substituents is 1. The predicted octanol–water partition coefficient (Wildman–Crippen LogP) is 1.93. The Labute approximate surface area is 116 Å². The van der Waals surface area contributed by atoms with Crippen molar-refractivity contribution in [1.29, 1.82) is 0 Å². The molecule has 0 amide bonds. The number of nitro groups is 1. The van der Waals surface area contributed by atoms with Crippen molar-refractivity contribution in [3.8, 4) is 0 Å². The van der Waals surface area contributed by atoms with Crippen molar-refractivity contribution < 1.29 is 4.92 Å². The topological polar surface area (TPSA) is 85.9 Å². The Morgan fingerprint density at radius 1 is 1.35 bits per heavy atom. The molecule has 1 aromatic heterocycles. The maximum absolute atomic E-state index is 10.6. The van der Waals surface area contributed by atoms with Gasteiger partial charge in [-0.25, -0.2) is 4.98 Å². The average Bonchev–Trinajstić information content (AvgIpc) is 2.91. The summed E-state index contributed by atoms with van der Waals surface area (Å²) >= 11 is 0. The summed E-state index contributed by atoms with van der Waals surface area (Å²) < 4.78 is 1.76. The molecule has 1 heterocycles. The van der Waals surface area contributed by atoms with Gasteiger partial charge in [0.1, 0.15) is 12.7 Å². The third-order valence-corrected chi connectivity index (χ3v) is 3.07. The van der Waals surface area contributed by atoms with E-state index in [0.29, 0.717) is 0 Å². The van der Waals surface area contributed by atoms with Gasteiger partial charge in [-0.2, -0.15) is 5.10 Å². The lowest BCUT2D eigenvalue weighted by atomic mass is 10.1. The second-order valence-corrected chi connectivity index (χ2v) is 4.76. The van der Waals surface area contributed by atoms with Crippen LogP contribution in [0.15, 0.2) is 36.9 Å². The number of hydrogen-bond donors (Lipinski definition) is 1. The number of non-ortho nitro benzene ring substituents is 1. The van der Waals surface area contributed by atoms with Gasteiger partial charge in [0.25, 0.3) is 5.69 Å². The SMILES string of the molecule is CC(Cn1cncn1)NC(C)c1ccc([N+](=O)[O-])cc1. The van der Waals surface area contributed by atoms with Crippen molar-refractivity contribution in [2.24, 2.45) is 0 Å². The second-order valence-electron chi connectivity index (χ2n) is 4.76. The summed E-state index contributed by atoms with van der Waals surface area (Å²) in [5, 5.41) is 18.1. The average molecular weight is 275 g/mol. The molecule has 0 aliphatic rings. The van der Waals surface area contributed by atoms with Crippen molar-refractivity contribution in [2.75, 3.05) is 0 Å². The van der Waals surface area contributed by atoms with E-state index in [-0.39, 0.29) is 17.8 Å². The van der Waals surface area contributed by atoms with Crippen LogP contribution in [0.4, 0.5) is 5.69 Å². The zero-order valence-electron chi connectivity index (χ0n) is 11.4. The lowest BCUT2D eigenvalue weighted by molar-refractivity contribution is -0.384. The van der Waals surface area contributed by atoms with Gasteiger partial charge in [-0.15, -0.1) is 0 Å². The van der Waals surface area contributed by atoms with E-state index in [1.165, 1.54) is 18.5 Å². The van der Waals surface area contributed by atoms with Crippen LogP contribution in [0.1, 0.15) is 25.5 Å². The third kappa shape index (κ3) is 3.61. The quantitative estimate of drug-likeness (QED) is 0.643. The van der Waals surface area contributed by atoms with Gasteiger partial charge >= 0.3 is 0 Å². The van der Waals surface area contributed by atoms with Crippen molar-refractivity contribution in [3.63, 3.8) is 0 Å². The van der Waals surface area contributed by atoms with Crippen LogP contribution in [-0.4, -0.2) is 25.7 Å². The number of aromatic nitrogens is 3. The van der Waals surface area contributed by atoms with E-state index in [9.17, 15) is 10.1 Å². The lowest BCUT2D eigenvalue weighted by Crippen LogP contribution is -2.32. The molecular weight excluding hydrogens is 258 g/mol. The highest BCUT2D eigenvalue weighted by Gasteiger charge is 2.12. The van der Waals surface area contributed by atoms with Crippen LogP contribution in [0.5, 0.6) is 0 Å². The van der Waals surface area contributed by atoms with Crippen LogP contribution in [-0.2, 0) is 6.54 Å². The van der Waals surface area contributed by atoms with Gasteiger partial charge < -0.3 is 5.32 Å². The summed E-state index contributed by atoms with van der Waals surface area (Å²) in [6.07, 6.45) is 3.18. The molecule has 1 N–H and O–H groups in total. The van der Waals surface area contributed by atoms with E-state index in [1.807, 2.05) is 6.92 Å². The minimum atomic E-state index is -0.394. The number of rotatable bonds is 6. The van der Waals surface area contributed by atoms with Crippen molar-refractivity contribution in [2.45, 2.75) is 32.5 Å². The Balaban J connectivity index is 1.93. The van der Waals surface area contributed by atoms with E-state index in [1.54, 1.807) is 23.1 Å². The number of nitrogens with one attached hydrogen (secondary N) is 1. The molecule has 0 radical (unpaired) electrons. The third-order valence-electron chi connectivity index (χ3n) is 3.07. The summed E-state index contributed by atoms with van der Waals surface area (Å²) in [5.74, 6) is 0. The van der Waals surface area contributed by atoms with Crippen LogP contribution in [0, 0.1) is 10.1 Å². The minimum Gasteiger partial charge on any atom is -0.306 e. The van der Waals surface area contributed by atoms with Crippen LogP contribution in [0.3, 0.4) is 0 Å². The van der Waals surface area contributed by atoms with Crippen molar-refractivity contribution >= 4 is 5.69 Å². The number of nitrogens with zero attached hydrogens (tertiary/aromatic N) is 4. The monoisotopic (exact) mass is 275 g/mol. The number of hydrogen-bond acceptors (Lipinski definition) is 5. The van der Waals surface area contributed by atoms with Gasteiger partial charge in [0, 0.05) is 24.2 Å². The minimum absolute atomic E-state index is 0.106. The Morgan fingerprint density at radius 2 is 2.05 bits per heavy atom. The fourth-order valence-corrected chi connectivity index (χ4v) is 2.07. The first-order valence-corrected chi connectivity index (χ1v) is 6.39. The molecule has 2 aromatic rings. The molecule has 0 aliphatic carbocycles. The molecule has 2 rings (SSSR count). The van der Waals surface area contributed by atoms with Crippen LogP contribution in [0.25, 0.3) is 0 Å². The summed E-state index contributed by atoms with van der Waals surface area (Å²) in [6.45, 7) is 4.81. The predicted molar refractivity (Wildman–Crippen MR) is 74.1 cm³/mol. The Bertz CT molecular complexity index is 553. The zero-order chi connectivity index (χ0) is 14.5. The molecule has 0 saturated heterocycles. The molecule has 1 aromatic carbocycles. The summed E-state index contributed by atoms with van der Waals surface area (Å²) in [4.78, 5) is 14.1. The van der Waals surface area contributed by atoms with Gasteiger partial charge in [-0.1, -0.05) is 12.1 Å². The van der Waals surface area contributed by atoms with Crippen LogP contribution in [0.2, 0.25) is 0 Å². The molecule has 0 aliphatic heterocycles. The fourth-order valence-electron chi connectivity index (χ4n) is 2.07. The summed E-state index contributed by atoms with van der Waals surface area (Å²) in [6, 6.07) is 6.91. The zero-order valence-corrected chi connectivity index (χ0v) is 11.4. The van der Waals surface area contributed by atoms with E-state index < -0.39 is 4.92 Å². The molecule has 2 unspecified atom stereocenters. The lowest BCUT2D eigenvalue weighted by Gasteiger charge is -2.20. The molecule has 0 spiro atoms. The molecule has 7 heteroatoms. The van der Waals surface area contributed by atoms with E-state index >= 15 is 0 Å². The highest BCUT2D eigenvalue weighted by atomic mass is 16.6. The first-order chi connectivity index (χ1) is 9.56. The van der Waals surface area contributed by atoms with Crippen molar-refractivity contribution in [1.82, 2.24) is 20.1 Å². The Morgan fingerprint density at radius 3 is 2.60 bits per heavy atom. The van der Waals surface area contributed by atoms with Crippen LogP contribution >= 0.6 is 0 Å². The maximum atomic E-state index is 10.6. The highest BCUT2D eigenvalue weighted by Crippen LogP contribution is 2.17. The van der Waals surface area contributed by atoms with Gasteiger partial charge in [-0.3, -0.25) is 14.8 Å². The van der Waals surface area contributed by atoms with Crippen LogP contribution < -0.4 is 5.32 Å². The highest BCUT2D eigenvalue weighted by molar-refractivity contribution is 5.34. The molecule has 0 saturated carbocycles. The molecule has 0 bridgehead atoms. The fraction of sp³-hybridized carbons (Fsp3) is 0.385. The summed E-state index contributed by atoms with van der Waals surface area (Å²) in [5.41, 5.74) is 1.12. The van der Waals surface area contributed by atoms with E-state index in [2.05, 4.69) is 22.3 Å². The molecule has 0 fully saturated rings. The second kappa shape index (κ2) is 6.25. The molecule has 2 atom stereocenters. The van der Waals surface area contributed by atoms with Gasteiger partial charge in [0.05, 0.1) is 11.5 Å². The smallest absolute Gasteiger partial charge is 0.269 e. The Kier molecular flexibility index (Phi) is 4.41. The van der Waals surface area contributed by atoms with Gasteiger partial charge in [0.15, 0.2) is 0 Å². The largest absolute Gasteiger partial charge is 0.306 e. The Hall–Kier alpha value is -2.28. The first kappa shape index (κ1) is 14.1. The normalized spacial score (nSPS) is 13.9. The van der Waals surface area contributed by atoms with Gasteiger partial charge in [0.2, 0.25) is 0 Å². The van der Waals surface area contributed by atoms with Crippen molar-refractivity contribution in [3.05, 3.63) is 52.6 Å². The van der Waals surface area contributed by atoms with E-state index in [4.69, 9.17) is 0 Å². The van der Waals surface area contributed by atoms with E-state index in [0.717, 1.165) is 12.1 Å². The molecule has 106 valence electrons. The molecule has 20 heavy (non-hydrogen) atoms. The number of benzene rings is 1. The first-order valence-electron chi connectivity index (χ1n) is 6.39.